The maximum Gasteiger partial charge on any atom is 0.338 e. The van der Waals surface area contributed by atoms with Crippen molar-refractivity contribution in [2.75, 3.05) is 0 Å². The number of carbonyl (C=O) groups is 1. The number of carbonyl (C=O) groups excluding carboxylic acids is 1. The molecule has 1 heterocycles. The average molecular weight is 316 g/mol. The Hall–Kier alpha value is -2.28. The molecule has 0 amide bonds. The van der Waals surface area contributed by atoms with Gasteiger partial charge in [0.25, 0.3) is 0 Å². The number of hydrogen-bond acceptors (Lipinski definition) is 6. The van der Waals surface area contributed by atoms with E-state index < -0.39 is 11.6 Å². The highest BCUT2D eigenvalue weighted by Gasteiger charge is 2.40. The summed E-state index contributed by atoms with van der Waals surface area (Å²) in [5.41, 5.74) is 1.58. The van der Waals surface area contributed by atoms with Crippen LogP contribution in [0, 0.1) is 13.8 Å². The molecule has 1 aromatic carbocycles. The number of hydrogen-bond donors (Lipinski definition) is 1. The Labute approximate surface area is 134 Å². The second-order valence-electron chi connectivity index (χ2n) is 6.06. The lowest BCUT2D eigenvalue weighted by Gasteiger charge is -2.19. The monoisotopic (exact) mass is 316 g/mol. The summed E-state index contributed by atoms with van der Waals surface area (Å²) >= 11 is 0. The Morgan fingerprint density at radius 1 is 1.30 bits per heavy atom. The summed E-state index contributed by atoms with van der Waals surface area (Å²) < 4.78 is 6.84. The van der Waals surface area contributed by atoms with Crippen LogP contribution in [0.1, 0.15) is 42.6 Å². The van der Waals surface area contributed by atoms with Crippen molar-refractivity contribution in [3.63, 3.8) is 0 Å². The van der Waals surface area contributed by atoms with Crippen LogP contribution in [0.15, 0.2) is 18.2 Å². The van der Waals surface area contributed by atoms with Crippen molar-refractivity contribution in [1.82, 2.24) is 20.2 Å². The van der Waals surface area contributed by atoms with E-state index >= 15 is 0 Å². The van der Waals surface area contributed by atoms with E-state index in [9.17, 15) is 9.90 Å². The highest BCUT2D eigenvalue weighted by atomic mass is 16.5. The fraction of sp³-hybridized carbons (Fsp3) is 0.500. The van der Waals surface area contributed by atoms with Gasteiger partial charge in [-0.3, -0.25) is 0 Å². The Morgan fingerprint density at radius 3 is 2.61 bits per heavy atom. The van der Waals surface area contributed by atoms with E-state index in [0.717, 1.165) is 29.7 Å². The zero-order valence-corrected chi connectivity index (χ0v) is 13.3. The number of esters is 1. The smallest absolute Gasteiger partial charge is 0.338 e. The van der Waals surface area contributed by atoms with Crippen molar-refractivity contribution in [3.8, 4) is 5.69 Å². The molecule has 7 nitrogen and oxygen atoms in total. The van der Waals surface area contributed by atoms with Gasteiger partial charge in [0, 0.05) is 0 Å². The molecule has 2 aromatic rings. The number of ether oxygens (including phenoxy) is 1. The van der Waals surface area contributed by atoms with Crippen molar-refractivity contribution < 1.29 is 14.6 Å². The normalized spacial score (nSPS) is 16.5. The molecule has 0 saturated heterocycles. The number of rotatable bonds is 4. The summed E-state index contributed by atoms with van der Waals surface area (Å²) in [7, 11) is 0. The van der Waals surface area contributed by atoms with E-state index in [4.69, 9.17) is 4.74 Å². The van der Waals surface area contributed by atoms with E-state index in [1.165, 1.54) is 0 Å². The Kier molecular flexibility index (Phi) is 4.12. The standard InChI is InChI=1S/C16H20N4O3/c1-11-6-5-7-12(2)14(11)20-13(17-18-19-20)10-23-15(21)16(22)8-3-4-9-16/h5-7,22H,3-4,8-10H2,1-2H3. The van der Waals surface area contributed by atoms with Crippen LogP contribution in [0.2, 0.25) is 0 Å². The minimum atomic E-state index is -1.35. The summed E-state index contributed by atoms with van der Waals surface area (Å²) in [6.45, 7) is 3.88. The summed E-state index contributed by atoms with van der Waals surface area (Å²) in [5, 5.41) is 21.9. The van der Waals surface area contributed by atoms with Crippen LogP contribution in [-0.2, 0) is 16.1 Å². The first-order chi connectivity index (χ1) is 11.0. The van der Waals surface area contributed by atoms with Gasteiger partial charge in [-0.15, -0.1) is 5.10 Å². The lowest BCUT2D eigenvalue weighted by atomic mass is 10.0. The van der Waals surface area contributed by atoms with Crippen molar-refractivity contribution >= 4 is 5.97 Å². The average Bonchev–Trinajstić information content (AvgIpc) is 3.15. The first-order valence-electron chi connectivity index (χ1n) is 7.75. The van der Waals surface area contributed by atoms with Crippen molar-refractivity contribution in [1.29, 1.82) is 0 Å². The molecule has 23 heavy (non-hydrogen) atoms. The molecule has 0 aliphatic heterocycles. The largest absolute Gasteiger partial charge is 0.455 e. The Balaban J connectivity index is 1.78. The van der Waals surface area contributed by atoms with Crippen LogP contribution in [0.25, 0.3) is 5.69 Å². The van der Waals surface area contributed by atoms with E-state index in [-0.39, 0.29) is 6.61 Å². The summed E-state index contributed by atoms with van der Waals surface area (Å²) in [5.74, 6) is -0.164. The third-order valence-electron chi connectivity index (χ3n) is 4.33. The van der Waals surface area contributed by atoms with Gasteiger partial charge in [0.15, 0.2) is 18.0 Å². The highest BCUT2D eigenvalue weighted by Crippen LogP contribution is 2.30. The van der Waals surface area contributed by atoms with Gasteiger partial charge in [-0.05, 0) is 61.1 Å². The Bertz CT molecular complexity index is 700. The molecule has 1 saturated carbocycles. The minimum Gasteiger partial charge on any atom is -0.455 e. The molecule has 0 bridgehead atoms. The maximum absolute atomic E-state index is 12.1. The van der Waals surface area contributed by atoms with Crippen LogP contribution in [0.5, 0.6) is 0 Å². The SMILES string of the molecule is Cc1cccc(C)c1-n1nnnc1COC(=O)C1(O)CCCC1. The van der Waals surface area contributed by atoms with Gasteiger partial charge in [0.1, 0.15) is 0 Å². The van der Waals surface area contributed by atoms with E-state index in [1.807, 2.05) is 32.0 Å². The third-order valence-corrected chi connectivity index (χ3v) is 4.33. The molecular formula is C16H20N4O3. The molecule has 0 spiro atoms. The fourth-order valence-corrected chi connectivity index (χ4v) is 3.04. The molecule has 122 valence electrons. The number of tetrazole rings is 1. The fourth-order valence-electron chi connectivity index (χ4n) is 3.04. The topological polar surface area (TPSA) is 90.1 Å². The number of aromatic nitrogens is 4. The molecule has 0 atom stereocenters. The Morgan fingerprint density at radius 2 is 1.96 bits per heavy atom. The van der Waals surface area contributed by atoms with E-state index in [2.05, 4.69) is 15.5 Å². The summed E-state index contributed by atoms with van der Waals surface area (Å²) in [4.78, 5) is 12.1. The molecule has 0 radical (unpaired) electrons. The molecule has 1 aliphatic carbocycles. The van der Waals surface area contributed by atoms with Gasteiger partial charge in [0.05, 0.1) is 5.69 Å². The van der Waals surface area contributed by atoms with Crippen LogP contribution >= 0.6 is 0 Å². The molecular weight excluding hydrogens is 296 g/mol. The van der Waals surface area contributed by atoms with Crippen LogP contribution in [0.4, 0.5) is 0 Å². The second kappa shape index (κ2) is 6.08. The van der Waals surface area contributed by atoms with Gasteiger partial charge in [0.2, 0.25) is 0 Å². The molecule has 1 N–H and O–H groups in total. The lowest BCUT2D eigenvalue weighted by molar-refractivity contribution is -0.166. The van der Waals surface area contributed by atoms with Crippen LogP contribution < -0.4 is 0 Å². The predicted molar refractivity (Wildman–Crippen MR) is 81.8 cm³/mol. The minimum absolute atomic E-state index is 0.0675. The molecule has 3 rings (SSSR count). The van der Waals surface area contributed by atoms with Gasteiger partial charge in [-0.2, -0.15) is 4.68 Å². The quantitative estimate of drug-likeness (QED) is 0.862. The zero-order chi connectivity index (χ0) is 16.4. The molecule has 1 aromatic heterocycles. The van der Waals surface area contributed by atoms with Crippen LogP contribution in [0.3, 0.4) is 0 Å². The zero-order valence-electron chi connectivity index (χ0n) is 13.3. The lowest BCUT2D eigenvalue weighted by Crippen LogP contribution is -2.37. The maximum atomic E-state index is 12.1. The molecule has 1 fully saturated rings. The summed E-state index contributed by atoms with van der Waals surface area (Å²) in [6, 6.07) is 5.91. The van der Waals surface area contributed by atoms with Gasteiger partial charge in [-0.1, -0.05) is 18.2 Å². The molecule has 1 aliphatic rings. The first kappa shape index (κ1) is 15.6. The van der Waals surface area contributed by atoms with Crippen molar-refractivity contribution in [3.05, 3.63) is 35.2 Å². The van der Waals surface area contributed by atoms with Crippen molar-refractivity contribution in [2.45, 2.75) is 51.7 Å². The van der Waals surface area contributed by atoms with Crippen LogP contribution in [-0.4, -0.2) is 36.9 Å². The predicted octanol–water partition coefficient (Wildman–Crippen LogP) is 1.63. The number of nitrogens with zero attached hydrogens (tertiary/aromatic N) is 4. The van der Waals surface area contributed by atoms with Gasteiger partial charge in [-0.25, -0.2) is 4.79 Å². The number of aliphatic hydroxyl groups is 1. The number of para-hydroxylation sites is 1. The van der Waals surface area contributed by atoms with E-state index in [0.29, 0.717) is 18.7 Å². The highest BCUT2D eigenvalue weighted by molar-refractivity contribution is 5.79. The van der Waals surface area contributed by atoms with Gasteiger partial charge >= 0.3 is 5.97 Å². The number of benzene rings is 1. The van der Waals surface area contributed by atoms with Gasteiger partial charge < -0.3 is 9.84 Å². The number of aryl methyl sites for hydroxylation is 2. The van der Waals surface area contributed by atoms with Crippen molar-refractivity contribution in [2.24, 2.45) is 0 Å². The molecule has 0 unspecified atom stereocenters. The third kappa shape index (κ3) is 2.96. The van der Waals surface area contributed by atoms with E-state index in [1.54, 1.807) is 4.68 Å². The summed E-state index contributed by atoms with van der Waals surface area (Å²) in [6.07, 6.45) is 2.58. The second-order valence-corrected chi connectivity index (χ2v) is 6.06. The molecule has 7 heteroatoms. The first-order valence-corrected chi connectivity index (χ1v) is 7.75.